The zero-order valence-corrected chi connectivity index (χ0v) is 9.65. The molecular formula is C8H5BrF2N2O4. The van der Waals surface area contributed by atoms with Gasteiger partial charge in [-0.15, -0.1) is 0 Å². The van der Waals surface area contributed by atoms with Crippen molar-refractivity contribution in [2.45, 2.75) is 12.8 Å². The molecule has 17 heavy (non-hydrogen) atoms. The number of aliphatic carboxylic acids is 1. The van der Waals surface area contributed by atoms with Crippen LogP contribution >= 0.6 is 15.9 Å². The molecule has 0 radical (unpaired) electrons. The number of alkyl halides is 2. The molecule has 1 heterocycles. The van der Waals surface area contributed by atoms with Crippen LogP contribution in [0.3, 0.4) is 0 Å². The van der Waals surface area contributed by atoms with E-state index in [-0.39, 0.29) is 10.2 Å². The van der Waals surface area contributed by atoms with Gasteiger partial charge in [-0.1, -0.05) is 0 Å². The number of carboxylic acids is 1. The van der Waals surface area contributed by atoms with Crippen molar-refractivity contribution in [1.82, 2.24) is 4.98 Å². The van der Waals surface area contributed by atoms with Crippen molar-refractivity contribution < 1.29 is 23.6 Å². The van der Waals surface area contributed by atoms with Crippen LogP contribution in [-0.4, -0.2) is 21.0 Å². The fraction of sp³-hybridized carbons (Fsp3) is 0.250. The molecule has 1 aromatic rings. The Hall–Kier alpha value is -1.64. The molecule has 1 N–H and O–H groups in total. The Labute approximate surface area is 102 Å². The van der Waals surface area contributed by atoms with Gasteiger partial charge in [0, 0.05) is 11.6 Å². The van der Waals surface area contributed by atoms with Crippen LogP contribution < -0.4 is 0 Å². The molecule has 0 saturated carbocycles. The molecule has 92 valence electrons. The Balaban J connectivity index is 3.37. The maximum Gasteiger partial charge on any atom is 0.364 e. The highest BCUT2D eigenvalue weighted by atomic mass is 79.9. The van der Waals surface area contributed by atoms with Crippen molar-refractivity contribution in [3.05, 3.63) is 31.9 Å². The number of hydrogen-bond acceptors (Lipinski definition) is 4. The Morgan fingerprint density at radius 2 is 2.24 bits per heavy atom. The minimum Gasteiger partial charge on any atom is -0.481 e. The SMILES string of the molecule is O=C(O)Cc1nc([N+](=O)[O-])cc(C(F)F)c1Br. The van der Waals surface area contributed by atoms with Gasteiger partial charge in [-0.2, -0.15) is 0 Å². The molecule has 1 aromatic heterocycles. The summed E-state index contributed by atoms with van der Waals surface area (Å²) < 4.78 is 24.9. The first-order valence-electron chi connectivity index (χ1n) is 4.16. The second kappa shape index (κ2) is 5.13. The number of halogens is 3. The van der Waals surface area contributed by atoms with Gasteiger partial charge in [0.15, 0.2) is 5.69 Å². The van der Waals surface area contributed by atoms with E-state index < -0.39 is 35.1 Å². The van der Waals surface area contributed by atoms with E-state index in [9.17, 15) is 23.7 Å². The molecule has 0 spiro atoms. The molecule has 0 atom stereocenters. The Morgan fingerprint density at radius 1 is 1.65 bits per heavy atom. The monoisotopic (exact) mass is 310 g/mol. The number of rotatable bonds is 4. The van der Waals surface area contributed by atoms with Gasteiger partial charge in [0.25, 0.3) is 6.43 Å². The van der Waals surface area contributed by atoms with Crippen LogP contribution in [-0.2, 0) is 11.2 Å². The van der Waals surface area contributed by atoms with E-state index in [0.29, 0.717) is 6.07 Å². The number of carbonyl (C=O) groups is 1. The van der Waals surface area contributed by atoms with Crippen LogP contribution in [0.1, 0.15) is 17.7 Å². The van der Waals surface area contributed by atoms with Gasteiger partial charge in [0.2, 0.25) is 0 Å². The lowest BCUT2D eigenvalue weighted by atomic mass is 10.2. The summed E-state index contributed by atoms with van der Waals surface area (Å²) in [6.45, 7) is 0. The normalized spacial score (nSPS) is 10.6. The van der Waals surface area contributed by atoms with Crippen molar-refractivity contribution in [2.75, 3.05) is 0 Å². The molecule has 0 fully saturated rings. The average Bonchev–Trinajstić information content (AvgIpc) is 2.19. The molecule has 0 bridgehead atoms. The van der Waals surface area contributed by atoms with Gasteiger partial charge in [0.1, 0.15) is 6.42 Å². The van der Waals surface area contributed by atoms with Gasteiger partial charge in [-0.3, -0.25) is 4.79 Å². The molecule has 0 saturated heterocycles. The number of carboxylic acid groups (broad SMARTS) is 1. The molecule has 9 heteroatoms. The van der Waals surface area contributed by atoms with E-state index in [0.717, 1.165) is 0 Å². The largest absolute Gasteiger partial charge is 0.481 e. The maximum atomic E-state index is 12.6. The topological polar surface area (TPSA) is 93.3 Å². The summed E-state index contributed by atoms with van der Waals surface area (Å²) in [4.78, 5) is 23.4. The Morgan fingerprint density at radius 3 is 2.65 bits per heavy atom. The van der Waals surface area contributed by atoms with Crippen molar-refractivity contribution >= 4 is 27.7 Å². The second-order valence-electron chi connectivity index (χ2n) is 2.96. The minimum atomic E-state index is -2.96. The van der Waals surface area contributed by atoms with Crippen LogP contribution in [0.5, 0.6) is 0 Å². The molecule has 0 aromatic carbocycles. The Bertz CT molecular complexity index is 481. The summed E-state index contributed by atoms with van der Waals surface area (Å²) in [6.07, 6.45) is -3.64. The van der Waals surface area contributed by atoms with Gasteiger partial charge in [-0.05, 0) is 25.8 Å². The summed E-state index contributed by atoms with van der Waals surface area (Å²) in [7, 11) is 0. The zero-order chi connectivity index (χ0) is 13.2. The van der Waals surface area contributed by atoms with Crippen LogP contribution in [0, 0.1) is 10.1 Å². The van der Waals surface area contributed by atoms with Crippen LogP contribution in [0.4, 0.5) is 14.6 Å². The minimum absolute atomic E-state index is 0.222. The molecular weight excluding hydrogens is 306 g/mol. The lowest BCUT2D eigenvalue weighted by molar-refractivity contribution is -0.389. The molecule has 0 aliphatic carbocycles. The van der Waals surface area contributed by atoms with Crippen molar-refractivity contribution in [3.63, 3.8) is 0 Å². The first kappa shape index (κ1) is 13.4. The second-order valence-corrected chi connectivity index (χ2v) is 3.75. The van der Waals surface area contributed by atoms with Gasteiger partial charge in [-0.25, -0.2) is 8.78 Å². The quantitative estimate of drug-likeness (QED) is 0.680. The van der Waals surface area contributed by atoms with Crippen LogP contribution in [0.2, 0.25) is 0 Å². The summed E-state index contributed by atoms with van der Waals surface area (Å²) in [6, 6.07) is 0.611. The van der Waals surface area contributed by atoms with Crippen molar-refractivity contribution in [2.24, 2.45) is 0 Å². The third-order valence-corrected chi connectivity index (χ3v) is 2.70. The summed E-state index contributed by atoms with van der Waals surface area (Å²) in [5.74, 6) is -2.13. The highest BCUT2D eigenvalue weighted by Gasteiger charge is 2.25. The van der Waals surface area contributed by atoms with Gasteiger partial charge >= 0.3 is 11.8 Å². The lowest BCUT2D eigenvalue weighted by Gasteiger charge is -2.04. The van der Waals surface area contributed by atoms with E-state index in [1.807, 2.05) is 0 Å². The van der Waals surface area contributed by atoms with Crippen molar-refractivity contribution in [1.29, 1.82) is 0 Å². The fourth-order valence-corrected chi connectivity index (χ4v) is 1.62. The first-order chi connectivity index (χ1) is 7.82. The maximum absolute atomic E-state index is 12.6. The summed E-state index contributed by atoms with van der Waals surface area (Å²) in [5, 5.41) is 19.0. The van der Waals surface area contributed by atoms with Crippen LogP contribution in [0.25, 0.3) is 0 Å². The predicted molar refractivity (Wildman–Crippen MR) is 54.9 cm³/mol. The highest BCUT2D eigenvalue weighted by molar-refractivity contribution is 9.10. The van der Waals surface area contributed by atoms with E-state index in [4.69, 9.17) is 5.11 Å². The number of pyridine rings is 1. The summed E-state index contributed by atoms with van der Waals surface area (Å²) >= 11 is 2.77. The molecule has 0 amide bonds. The third-order valence-electron chi connectivity index (χ3n) is 1.78. The fourth-order valence-electron chi connectivity index (χ4n) is 1.10. The molecule has 6 nitrogen and oxygen atoms in total. The van der Waals surface area contributed by atoms with Crippen molar-refractivity contribution in [3.8, 4) is 0 Å². The number of nitro groups is 1. The number of nitrogens with zero attached hydrogens (tertiary/aromatic N) is 2. The van der Waals surface area contributed by atoms with Gasteiger partial charge < -0.3 is 15.2 Å². The standard InChI is InChI=1S/C8H5BrF2N2O4/c9-7-3(8(10)11)1-5(13(16)17)12-4(7)2-6(14)15/h1,8H,2H2,(H,14,15). The van der Waals surface area contributed by atoms with E-state index in [2.05, 4.69) is 20.9 Å². The Kier molecular flexibility index (Phi) is 4.05. The lowest BCUT2D eigenvalue weighted by Crippen LogP contribution is -2.07. The van der Waals surface area contributed by atoms with Crippen LogP contribution in [0.15, 0.2) is 10.5 Å². The number of hydrogen-bond donors (Lipinski definition) is 1. The average molecular weight is 311 g/mol. The predicted octanol–water partition coefficient (Wildman–Crippen LogP) is 2.32. The highest BCUT2D eigenvalue weighted by Crippen LogP contribution is 2.32. The first-order valence-corrected chi connectivity index (χ1v) is 4.96. The van der Waals surface area contributed by atoms with E-state index in [1.165, 1.54) is 0 Å². The molecule has 0 aliphatic rings. The smallest absolute Gasteiger partial charge is 0.364 e. The molecule has 1 rings (SSSR count). The summed E-state index contributed by atoms with van der Waals surface area (Å²) in [5.41, 5.74) is -0.954. The van der Waals surface area contributed by atoms with Gasteiger partial charge in [0.05, 0.1) is 4.47 Å². The zero-order valence-electron chi connectivity index (χ0n) is 8.06. The molecule has 0 aliphatic heterocycles. The molecule has 0 unspecified atom stereocenters. The van der Waals surface area contributed by atoms with E-state index >= 15 is 0 Å². The third kappa shape index (κ3) is 3.16. The number of aromatic nitrogens is 1. The van der Waals surface area contributed by atoms with E-state index in [1.54, 1.807) is 0 Å².